The second-order valence-electron chi connectivity index (χ2n) is 7.50. The first-order valence-electron chi connectivity index (χ1n) is 10.2. The predicted octanol–water partition coefficient (Wildman–Crippen LogP) is 5.92. The van der Waals surface area contributed by atoms with E-state index in [-0.39, 0.29) is 12.2 Å². The Balaban J connectivity index is 3.52. The number of ether oxygens (including phenoxy) is 2. The number of ketones is 1. The number of carbonyl (C=O) groups excluding carboxylic acids is 2. The molecule has 0 unspecified atom stereocenters. The largest absolute Gasteiger partial charge is 0.454 e. The molecule has 1 rings (SSSR count). The quantitative estimate of drug-likeness (QED) is 0.335. The van der Waals surface area contributed by atoms with Gasteiger partial charge in [0.2, 0.25) is 0 Å². The van der Waals surface area contributed by atoms with Crippen LogP contribution < -0.4 is 0 Å². The van der Waals surface area contributed by atoms with Crippen molar-refractivity contribution in [2.24, 2.45) is 5.92 Å². The van der Waals surface area contributed by atoms with E-state index in [4.69, 9.17) is 9.47 Å². The van der Waals surface area contributed by atoms with E-state index in [1.807, 2.05) is 6.92 Å². The van der Waals surface area contributed by atoms with Crippen molar-refractivity contribution in [1.29, 1.82) is 0 Å². The number of hydrogen-bond donors (Lipinski definition) is 0. The lowest BCUT2D eigenvalue weighted by atomic mass is 9.89. The van der Waals surface area contributed by atoms with Gasteiger partial charge in [-0.1, -0.05) is 61.9 Å². The Hall–Kier alpha value is -2.41. The van der Waals surface area contributed by atoms with Crippen LogP contribution >= 0.6 is 0 Å². The van der Waals surface area contributed by atoms with Crippen LogP contribution in [0.15, 0.2) is 53.6 Å². The van der Waals surface area contributed by atoms with E-state index in [1.54, 1.807) is 39.8 Å². The number of alkyl halides is 3. The summed E-state index contributed by atoms with van der Waals surface area (Å²) in [6, 6.07) is 6.62. The Labute approximate surface area is 182 Å². The van der Waals surface area contributed by atoms with E-state index in [0.29, 0.717) is 12.0 Å². The van der Waals surface area contributed by atoms with Crippen molar-refractivity contribution >= 4 is 11.8 Å². The fraction of sp³-hybridized carbons (Fsp3) is 0.500. The molecule has 0 aliphatic rings. The number of rotatable bonds is 10. The van der Waals surface area contributed by atoms with Gasteiger partial charge < -0.3 is 9.47 Å². The summed E-state index contributed by atoms with van der Waals surface area (Å²) in [5, 5.41) is 0. The van der Waals surface area contributed by atoms with Crippen molar-refractivity contribution in [3.63, 3.8) is 0 Å². The molecular weight excluding hydrogens is 409 g/mol. The lowest BCUT2D eigenvalue weighted by Crippen LogP contribution is -2.53. The highest BCUT2D eigenvalue weighted by molar-refractivity contribution is 5.85. The number of allylic oxidation sites excluding steroid dienone is 3. The van der Waals surface area contributed by atoms with Crippen LogP contribution in [0.1, 0.15) is 53.0 Å². The van der Waals surface area contributed by atoms with Gasteiger partial charge in [-0.3, -0.25) is 4.79 Å². The summed E-state index contributed by atoms with van der Waals surface area (Å²) in [5.41, 5.74) is -2.41. The zero-order valence-electron chi connectivity index (χ0n) is 18.9. The monoisotopic (exact) mass is 440 g/mol. The molecule has 172 valence electrons. The van der Waals surface area contributed by atoms with E-state index in [2.05, 4.69) is 0 Å². The number of Topliss-reactive ketones (excluding diaryl/α,β-unsaturated/α-hetero) is 1. The maximum Gasteiger partial charge on any atom is 0.432 e. The minimum atomic E-state index is -5.09. The summed E-state index contributed by atoms with van der Waals surface area (Å²) >= 11 is 0. The highest BCUT2D eigenvalue weighted by atomic mass is 19.4. The Morgan fingerprint density at radius 2 is 1.71 bits per heavy atom. The van der Waals surface area contributed by atoms with E-state index >= 15 is 0 Å². The van der Waals surface area contributed by atoms with Crippen LogP contribution in [0.3, 0.4) is 0 Å². The Bertz CT molecular complexity index is 812. The zero-order valence-corrected chi connectivity index (χ0v) is 18.9. The first-order chi connectivity index (χ1) is 14.5. The zero-order chi connectivity index (χ0) is 23.8. The van der Waals surface area contributed by atoms with Gasteiger partial charge in [0.1, 0.15) is 11.9 Å². The summed E-state index contributed by atoms with van der Waals surface area (Å²) < 4.78 is 52.8. The molecule has 0 saturated heterocycles. The van der Waals surface area contributed by atoms with Gasteiger partial charge in [0.25, 0.3) is 5.60 Å². The number of benzene rings is 1. The lowest BCUT2D eigenvalue weighted by molar-refractivity contribution is -0.278. The molecule has 1 aromatic carbocycles. The molecule has 0 aliphatic heterocycles. The molecule has 0 amide bonds. The van der Waals surface area contributed by atoms with E-state index in [0.717, 1.165) is 24.8 Å². The number of carbonyl (C=O) groups is 2. The van der Waals surface area contributed by atoms with Gasteiger partial charge in [0, 0.05) is 19.1 Å². The number of hydrogen-bond acceptors (Lipinski definition) is 4. The topological polar surface area (TPSA) is 52.6 Å². The number of esters is 1. The molecule has 4 nitrogen and oxygen atoms in total. The Morgan fingerprint density at radius 3 is 2.16 bits per heavy atom. The molecule has 0 aromatic heterocycles. The molecule has 0 bridgehead atoms. The highest BCUT2D eigenvalue weighted by Crippen LogP contribution is 2.43. The third-order valence-corrected chi connectivity index (χ3v) is 5.23. The van der Waals surface area contributed by atoms with Gasteiger partial charge in [-0.25, -0.2) is 4.79 Å². The third-order valence-electron chi connectivity index (χ3n) is 5.23. The molecule has 0 aliphatic carbocycles. The van der Waals surface area contributed by atoms with Crippen molar-refractivity contribution in [3.05, 3.63) is 59.2 Å². The Morgan fingerprint density at radius 1 is 1.13 bits per heavy atom. The first kappa shape index (κ1) is 26.6. The van der Waals surface area contributed by atoms with Gasteiger partial charge in [-0.2, -0.15) is 13.2 Å². The minimum Gasteiger partial charge on any atom is -0.454 e. The van der Waals surface area contributed by atoms with E-state index in [9.17, 15) is 22.8 Å². The van der Waals surface area contributed by atoms with Gasteiger partial charge in [0.15, 0.2) is 0 Å². The fourth-order valence-electron chi connectivity index (χ4n) is 3.34. The van der Waals surface area contributed by atoms with Crippen molar-refractivity contribution in [1.82, 2.24) is 0 Å². The van der Waals surface area contributed by atoms with Crippen LogP contribution in [0.25, 0.3) is 0 Å². The second-order valence-corrected chi connectivity index (χ2v) is 7.50. The van der Waals surface area contributed by atoms with Gasteiger partial charge in [-0.15, -0.1) is 0 Å². The van der Waals surface area contributed by atoms with Gasteiger partial charge in [-0.05, 0) is 32.8 Å². The standard InChI is InChI=1S/C24H31F3O4/c1-7-12-20(28)18(5)21(17(4)15-16(3)8-2)31-22(29)23(30-6,24(25,26)27)19-13-10-9-11-14-19/h8-11,13-15,18,21H,7,12H2,1-6H3/b16-8+,17-15+/t18-,21+,23+/m0/s1. The molecule has 0 fully saturated rings. The Kier molecular flexibility index (Phi) is 9.69. The van der Waals surface area contributed by atoms with Crippen LogP contribution in [0, 0.1) is 5.92 Å². The van der Waals surface area contributed by atoms with Crippen LogP contribution in [0.2, 0.25) is 0 Å². The van der Waals surface area contributed by atoms with E-state index in [1.165, 1.54) is 18.2 Å². The van der Waals surface area contributed by atoms with E-state index < -0.39 is 35.3 Å². The van der Waals surface area contributed by atoms with Crippen molar-refractivity contribution in [2.45, 2.75) is 65.3 Å². The van der Waals surface area contributed by atoms with Crippen molar-refractivity contribution in [3.8, 4) is 0 Å². The van der Waals surface area contributed by atoms with Gasteiger partial charge in [0.05, 0.1) is 5.92 Å². The predicted molar refractivity (Wildman–Crippen MR) is 113 cm³/mol. The maximum atomic E-state index is 14.2. The number of methoxy groups -OCH3 is 1. The second kappa shape index (κ2) is 11.3. The summed E-state index contributed by atoms with van der Waals surface area (Å²) in [5.74, 6) is -2.62. The highest BCUT2D eigenvalue weighted by Gasteiger charge is 2.64. The smallest absolute Gasteiger partial charge is 0.432 e. The third kappa shape index (κ3) is 6.06. The summed E-state index contributed by atoms with van der Waals surface area (Å²) in [7, 11) is 0.815. The van der Waals surface area contributed by atoms with Crippen LogP contribution in [-0.4, -0.2) is 31.1 Å². The maximum absolute atomic E-state index is 14.2. The molecule has 7 heteroatoms. The molecular formula is C24H31F3O4. The summed E-state index contributed by atoms with van der Waals surface area (Å²) in [4.78, 5) is 25.6. The summed E-state index contributed by atoms with van der Waals surface area (Å²) in [6.07, 6.45) is -1.94. The molecule has 0 saturated carbocycles. The molecule has 0 radical (unpaired) electrons. The average molecular weight is 441 g/mol. The molecule has 1 aromatic rings. The first-order valence-corrected chi connectivity index (χ1v) is 10.2. The van der Waals surface area contributed by atoms with Crippen molar-refractivity contribution in [2.75, 3.05) is 7.11 Å². The normalized spacial score (nSPS) is 16.9. The molecule has 31 heavy (non-hydrogen) atoms. The summed E-state index contributed by atoms with van der Waals surface area (Å²) in [6.45, 7) is 8.63. The van der Waals surface area contributed by atoms with Crippen LogP contribution in [-0.2, 0) is 24.7 Å². The minimum absolute atomic E-state index is 0.194. The fourth-order valence-corrected chi connectivity index (χ4v) is 3.34. The van der Waals surface area contributed by atoms with Crippen molar-refractivity contribution < 1.29 is 32.2 Å². The van der Waals surface area contributed by atoms with Gasteiger partial charge >= 0.3 is 12.1 Å². The van der Waals surface area contributed by atoms with Crippen LogP contribution in [0.4, 0.5) is 13.2 Å². The molecule has 0 heterocycles. The lowest BCUT2D eigenvalue weighted by Gasteiger charge is -2.35. The number of halogens is 3. The molecule has 3 atom stereocenters. The SMILES string of the molecule is C/C=C(C)/C=C(\C)[C@@H](OC(=O)[C@](OC)(c1ccccc1)C(F)(F)F)[C@@H](C)C(=O)CCC. The average Bonchev–Trinajstić information content (AvgIpc) is 2.72. The van der Waals surface area contributed by atoms with Crippen LogP contribution in [0.5, 0.6) is 0 Å². The molecule has 0 N–H and O–H groups in total. The molecule has 0 spiro atoms.